The smallest absolute Gasteiger partial charge is 0.261 e. The monoisotopic (exact) mass is 355 g/mol. The Morgan fingerprint density at radius 2 is 1.80 bits per heavy atom. The van der Waals surface area contributed by atoms with E-state index in [0.29, 0.717) is 27.2 Å². The van der Waals surface area contributed by atoms with E-state index < -0.39 is 17.2 Å². The molecule has 3 N–H and O–H groups in total. The molecular weight excluding hydrogens is 342 g/mol. The lowest BCUT2D eigenvalue weighted by molar-refractivity contribution is 0.0998. The fourth-order valence-corrected chi connectivity index (χ4v) is 2.90. The number of hydrogen-bond acceptors (Lipinski definition) is 3. The molecule has 0 unspecified atom stereocenters. The number of rotatable bonds is 3. The third-order valence-electron chi connectivity index (χ3n) is 3.82. The van der Waals surface area contributed by atoms with Gasteiger partial charge in [0, 0.05) is 29.9 Å². The van der Waals surface area contributed by atoms with Crippen LogP contribution in [0.5, 0.6) is 0 Å². The zero-order valence-corrected chi connectivity index (χ0v) is 14.0. The molecular formula is C18H14ClN3O3. The number of aromatic nitrogens is 1. The fourth-order valence-electron chi connectivity index (χ4n) is 2.60. The zero-order chi connectivity index (χ0) is 18.1. The van der Waals surface area contributed by atoms with Crippen LogP contribution >= 0.6 is 11.6 Å². The quantitative estimate of drug-likeness (QED) is 0.755. The van der Waals surface area contributed by atoms with Gasteiger partial charge in [-0.1, -0.05) is 17.7 Å². The Bertz CT molecular complexity index is 1060. The van der Waals surface area contributed by atoms with E-state index >= 15 is 0 Å². The molecule has 0 aliphatic rings. The van der Waals surface area contributed by atoms with E-state index in [1.54, 1.807) is 41.9 Å². The fraction of sp³-hybridized carbons (Fsp3) is 0.0556. The molecule has 0 radical (unpaired) electrons. The highest BCUT2D eigenvalue weighted by molar-refractivity contribution is 6.35. The summed E-state index contributed by atoms with van der Waals surface area (Å²) in [6.07, 6.45) is 1.45. The van der Waals surface area contributed by atoms with Crippen LogP contribution in [0, 0.1) is 0 Å². The molecule has 0 spiro atoms. The molecule has 0 atom stereocenters. The number of benzene rings is 2. The standard InChI is InChI=1S/C18H14ClN3O3/c1-22-9-13(16(23)12-3-2-4-14(19)15(12)22)18(25)21-11-7-5-10(6-8-11)17(20)24/h2-9H,1H3,(H2,20,24)(H,21,25). The van der Waals surface area contributed by atoms with Crippen molar-refractivity contribution in [1.82, 2.24) is 4.57 Å². The van der Waals surface area contributed by atoms with Crippen LogP contribution < -0.4 is 16.5 Å². The molecule has 0 aliphatic carbocycles. The lowest BCUT2D eigenvalue weighted by atomic mass is 10.1. The average Bonchev–Trinajstić information content (AvgIpc) is 2.58. The van der Waals surface area contributed by atoms with Gasteiger partial charge in [0.2, 0.25) is 11.3 Å². The molecule has 1 aromatic heterocycles. The Balaban J connectivity index is 1.99. The number of nitrogens with two attached hydrogens (primary N) is 1. The van der Waals surface area contributed by atoms with Crippen molar-refractivity contribution >= 4 is 40.0 Å². The molecule has 7 heteroatoms. The Hall–Kier alpha value is -3.12. The van der Waals surface area contributed by atoms with Crippen molar-refractivity contribution < 1.29 is 9.59 Å². The van der Waals surface area contributed by atoms with Gasteiger partial charge in [-0.15, -0.1) is 0 Å². The topological polar surface area (TPSA) is 94.2 Å². The van der Waals surface area contributed by atoms with E-state index in [2.05, 4.69) is 5.32 Å². The first kappa shape index (κ1) is 16.7. The molecule has 0 saturated carbocycles. The van der Waals surface area contributed by atoms with E-state index in [-0.39, 0.29) is 5.56 Å². The number of hydrogen-bond donors (Lipinski definition) is 2. The third kappa shape index (κ3) is 3.12. The maximum atomic E-state index is 12.6. The van der Waals surface area contributed by atoms with Gasteiger partial charge in [0.15, 0.2) is 0 Å². The largest absolute Gasteiger partial charge is 0.366 e. The highest BCUT2D eigenvalue weighted by Crippen LogP contribution is 2.21. The Kier molecular flexibility index (Phi) is 4.29. The lowest BCUT2D eigenvalue weighted by Crippen LogP contribution is -2.23. The normalized spacial score (nSPS) is 10.6. The molecule has 25 heavy (non-hydrogen) atoms. The summed E-state index contributed by atoms with van der Waals surface area (Å²) in [7, 11) is 1.71. The van der Waals surface area contributed by atoms with Crippen molar-refractivity contribution in [2.75, 3.05) is 5.32 Å². The molecule has 0 saturated heterocycles. The van der Waals surface area contributed by atoms with Crippen LogP contribution in [0.15, 0.2) is 53.5 Å². The lowest BCUT2D eigenvalue weighted by Gasteiger charge is -2.11. The predicted octanol–water partition coefficient (Wildman–Crippen LogP) is 2.54. The Labute approximate surface area is 147 Å². The van der Waals surface area contributed by atoms with Gasteiger partial charge in [0.25, 0.3) is 5.91 Å². The van der Waals surface area contributed by atoms with Gasteiger partial charge < -0.3 is 15.6 Å². The summed E-state index contributed by atoms with van der Waals surface area (Å²) in [4.78, 5) is 36.2. The van der Waals surface area contributed by atoms with Crippen LogP contribution in [0.4, 0.5) is 5.69 Å². The number of para-hydroxylation sites is 1. The number of amides is 2. The minimum absolute atomic E-state index is 0.00348. The van der Waals surface area contributed by atoms with Crippen LogP contribution in [0.2, 0.25) is 5.02 Å². The summed E-state index contributed by atoms with van der Waals surface area (Å²) in [6.45, 7) is 0. The molecule has 0 fully saturated rings. The number of aryl methyl sites for hydroxylation is 1. The molecule has 126 valence electrons. The highest BCUT2D eigenvalue weighted by Gasteiger charge is 2.16. The second-order valence-corrected chi connectivity index (χ2v) is 5.92. The van der Waals surface area contributed by atoms with Crippen LogP contribution in [-0.4, -0.2) is 16.4 Å². The molecule has 0 bridgehead atoms. The Morgan fingerprint density at radius 1 is 1.12 bits per heavy atom. The molecule has 3 aromatic rings. The SMILES string of the molecule is Cn1cc(C(=O)Nc2ccc(C(N)=O)cc2)c(=O)c2cccc(Cl)c21. The summed E-state index contributed by atoms with van der Waals surface area (Å²) < 4.78 is 1.64. The van der Waals surface area contributed by atoms with Crippen molar-refractivity contribution in [3.05, 3.63) is 75.0 Å². The van der Waals surface area contributed by atoms with Crippen molar-refractivity contribution in [2.45, 2.75) is 0 Å². The number of anilines is 1. The summed E-state index contributed by atoms with van der Waals surface area (Å²) in [5, 5.41) is 3.44. The molecule has 2 aromatic carbocycles. The van der Waals surface area contributed by atoms with E-state index in [1.165, 1.54) is 18.3 Å². The van der Waals surface area contributed by atoms with E-state index in [1.807, 2.05) is 0 Å². The van der Waals surface area contributed by atoms with Crippen LogP contribution in [0.1, 0.15) is 20.7 Å². The van der Waals surface area contributed by atoms with Gasteiger partial charge in [-0.25, -0.2) is 0 Å². The van der Waals surface area contributed by atoms with Crippen molar-refractivity contribution in [3.63, 3.8) is 0 Å². The van der Waals surface area contributed by atoms with Gasteiger partial charge in [0.1, 0.15) is 5.56 Å². The molecule has 2 amide bonds. The Morgan fingerprint density at radius 3 is 2.44 bits per heavy atom. The number of carbonyl (C=O) groups excluding carboxylic acids is 2. The van der Waals surface area contributed by atoms with E-state index in [9.17, 15) is 14.4 Å². The van der Waals surface area contributed by atoms with Crippen LogP contribution in [0.3, 0.4) is 0 Å². The maximum absolute atomic E-state index is 12.6. The van der Waals surface area contributed by atoms with Crippen molar-refractivity contribution in [3.8, 4) is 0 Å². The first-order valence-electron chi connectivity index (χ1n) is 7.37. The molecule has 6 nitrogen and oxygen atoms in total. The molecule has 3 rings (SSSR count). The first-order valence-corrected chi connectivity index (χ1v) is 7.75. The summed E-state index contributed by atoms with van der Waals surface area (Å²) in [5.41, 5.74) is 6.11. The van der Waals surface area contributed by atoms with Gasteiger partial charge in [-0.3, -0.25) is 14.4 Å². The minimum atomic E-state index is -0.557. The number of pyridine rings is 1. The van der Waals surface area contributed by atoms with Gasteiger partial charge >= 0.3 is 0 Å². The zero-order valence-electron chi connectivity index (χ0n) is 13.2. The summed E-state index contributed by atoms with van der Waals surface area (Å²) in [6, 6.07) is 11.1. The number of nitrogens with zero attached hydrogens (tertiary/aromatic N) is 1. The van der Waals surface area contributed by atoms with Crippen LogP contribution in [0.25, 0.3) is 10.9 Å². The maximum Gasteiger partial charge on any atom is 0.261 e. The average molecular weight is 356 g/mol. The number of fused-ring (bicyclic) bond motifs is 1. The van der Waals surface area contributed by atoms with Crippen molar-refractivity contribution in [1.29, 1.82) is 0 Å². The van der Waals surface area contributed by atoms with E-state index in [4.69, 9.17) is 17.3 Å². The van der Waals surface area contributed by atoms with E-state index in [0.717, 1.165) is 0 Å². The summed E-state index contributed by atoms with van der Waals surface area (Å²) in [5.74, 6) is -1.10. The molecule has 0 aliphatic heterocycles. The second-order valence-electron chi connectivity index (χ2n) is 5.51. The first-order chi connectivity index (χ1) is 11.9. The van der Waals surface area contributed by atoms with Crippen molar-refractivity contribution in [2.24, 2.45) is 12.8 Å². The number of halogens is 1. The van der Waals surface area contributed by atoms with Crippen LogP contribution in [-0.2, 0) is 7.05 Å². The third-order valence-corrected chi connectivity index (χ3v) is 4.13. The number of nitrogens with one attached hydrogen (secondary N) is 1. The number of primary amides is 1. The van der Waals surface area contributed by atoms with Gasteiger partial charge in [-0.2, -0.15) is 0 Å². The summed E-state index contributed by atoms with van der Waals surface area (Å²) >= 11 is 6.14. The van der Waals surface area contributed by atoms with Gasteiger partial charge in [-0.05, 0) is 36.4 Å². The molecule has 1 heterocycles. The van der Waals surface area contributed by atoms with Gasteiger partial charge in [0.05, 0.1) is 10.5 Å². The highest BCUT2D eigenvalue weighted by atomic mass is 35.5. The minimum Gasteiger partial charge on any atom is -0.366 e. The second kappa shape index (κ2) is 6.41. The predicted molar refractivity (Wildman–Crippen MR) is 97.1 cm³/mol. The number of carbonyl (C=O) groups is 2.